The van der Waals surface area contributed by atoms with Crippen molar-refractivity contribution in [1.82, 2.24) is 4.90 Å². The number of hydrogen-bond acceptors (Lipinski definition) is 5. The molecule has 1 aromatic heterocycles. The molecule has 1 rings (SSSR count). The van der Waals surface area contributed by atoms with Crippen molar-refractivity contribution in [1.29, 1.82) is 0 Å². The zero-order chi connectivity index (χ0) is 12.8. The lowest BCUT2D eigenvalue weighted by Gasteiger charge is -2.15. The van der Waals surface area contributed by atoms with Crippen LogP contribution in [-0.4, -0.2) is 37.5 Å². The van der Waals surface area contributed by atoms with Gasteiger partial charge in [0, 0.05) is 19.7 Å². The van der Waals surface area contributed by atoms with Crippen LogP contribution < -0.4 is 5.63 Å². The summed E-state index contributed by atoms with van der Waals surface area (Å²) in [4.78, 5) is 34.7. The molecule has 0 saturated heterocycles. The molecule has 0 aromatic carbocycles. The van der Waals surface area contributed by atoms with Crippen molar-refractivity contribution < 1.29 is 18.7 Å². The molecule has 0 unspecified atom stereocenters. The molecule has 17 heavy (non-hydrogen) atoms. The van der Waals surface area contributed by atoms with E-state index in [1.807, 2.05) is 0 Å². The number of methoxy groups -OCH3 is 1. The first-order valence-electron chi connectivity index (χ1n) is 4.95. The normalized spacial score (nSPS) is 9.76. The number of rotatable bonds is 4. The smallest absolute Gasteiger partial charge is 0.335 e. The van der Waals surface area contributed by atoms with Gasteiger partial charge in [-0.15, -0.1) is 0 Å². The fraction of sp³-hybridized carbons (Fsp3) is 0.364. The highest BCUT2D eigenvalue weighted by atomic mass is 16.5. The molecule has 1 aromatic rings. The fourth-order valence-electron chi connectivity index (χ4n) is 1.16. The summed E-state index contributed by atoms with van der Waals surface area (Å²) >= 11 is 0. The van der Waals surface area contributed by atoms with Gasteiger partial charge in [-0.3, -0.25) is 9.59 Å². The molecule has 92 valence electrons. The maximum Gasteiger partial charge on any atom is 0.335 e. The lowest BCUT2D eigenvalue weighted by Crippen LogP contribution is -2.29. The van der Waals surface area contributed by atoms with Crippen molar-refractivity contribution in [3.05, 3.63) is 34.4 Å². The van der Waals surface area contributed by atoms with Gasteiger partial charge in [-0.1, -0.05) is 0 Å². The molecule has 0 bridgehead atoms. The summed E-state index contributed by atoms with van der Waals surface area (Å²) in [5.74, 6) is -0.707. The van der Waals surface area contributed by atoms with Gasteiger partial charge in [-0.05, 0) is 6.07 Å². The van der Waals surface area contributed by atoms with Crippen LogP contribution in [-0.2, 0) is 9.53 Å². The highest BCUT2D eigenvalue weighted by molar-refractivity contribution is 5.93. The molecule has 0 radical (unpaired) electrons. The van der Waals surface area contributed by atoms with E-state index in [0.717, 1.165) is 6.26 Å². The van der Waals surface area contributed by atoms with Crippen LogP contribution >= 0.6 is 0 Å². The summed E-state index contributed by atoms with van der Waals surface area (Å²) in [5.41, 5.74) is -0.254. The Morgan fingerprint density at radius 3 is 2.65 bits per heavy atom. The van der Waals surface area contributed by atoms with E-state index in [1.54, 1.807) is 7.05 Å². The van der Waals surface area contributed by atoms with E-state index in [4.69, 9.17) is 0 Å². The van der Waals surface area contributed by atoms with Gasteiger partial charge in [0.15, 0.2) is 0 Å². The summed E-state index contributed by atoms with van der Waals surface area (Å²) in [6.45, 7) is 0.241. The number of carbonyl (C=O) groups excluding carboxylic acids is 2. The second-order valence-corrected chi connectivity index (χ2v) is 3.40. The van der Waals surface area contributed by atoms with E-state index < -0.39 is 5.63 Å². The summed E-state index contributed by atoms with van der Waals surface area (Å²) in [6.07, 6.45) is 1.22. The summed E-state index contributed by atoms with van der Waals surface area (Å²) in [5, 5.41) is 0. The van der Waals surface area contributed by atoms with Gasteiger partial charge in [0.2, 0.25) is 0 Å². The molecule has 0 aliphatic rings. The molecule has 6 heteroatoms. The molecular formula is C11H13NO5. The second kappa shape index (κ2) is 5.83. The Labute approximate surface area is 97.8 Å². The number of amides is 1. The van der Waals surface area contributed by atoms with Gasteiger partial charge in [0.1, 0.15) is 6.26 Å². The van der Waals surface area contributed by atoms with Crippen LogP contribution in [0.4, 0.5) is 0 Å². The minimum absolute atomic E-state index is 0.121. The van der Waals surface area contributed by atoms with Crippen molar-refractivity contribution in [2.75, 3.05) is 20.7 Å². The van der Waals surface area contributed by atoms with Crippen LogP contribution in [0.3, 0.4) is 0 Å². The Morgan fingerprint density at radius 2 is 2.12 bits per heavy atom. The van der Waals surface area contributed by atoms with Gasteiger partial charge in [-0.2, -0.15) is 0 Å². The number of carbonyl (C=O) groups is 2. The number of hydrogen-bond donors (Lipinski definition) is 0. The molecule has 0 spiro atoms. The first kappa shape index (κ1) is 13.0. The van der Waals surface area contributed by atoms with Crippen LogP contribution in [0.25, 0.3) is 0 Å². The summed E-state index contributed by atoms with van der Waals surface area (Å²) in [7, 11) is 2.84. The van der Waals surface area contributed by atoms with E-state index in [2.05, 4.69) is 9.15 Å². The largest absolute Gasteiger partial charge is 0.469 e. The molecule has 0 atom stereocenters. The van der Waals surface area contributed by atoms with Crippen LogP contribution in [0.2, 0.25) is 0 Å². The first-order chi connectivity index (χ1) is 8.04. The molecule has 0 fully saturated rings. The predicted octanol–water partition coefficient (Wildman–Crippen LogP) is 0.275. The highest BCUT2D eigenvalue weighted by Crippen LogP contribution is 2.02. The number of ether oxygens (including phenoxy) is 1. The first-order valence-corrected chi connectivity index (χ1v) is 4.95. The minimum Gasteiger partial charge on any atom is -0.469 e. The summed E-state index contributed by atoms with van der Waals surface area (Å²) in [6, 6.07) is 2.55. The summed E-state index contributed by atoms with van der Waals surface area (Å²) < 4.78 is 9.05. The van der Waals surface area contributed by atoms with E-state index in [0.29, 0.717) is 0 Å². The van der Waals surface area contributed by atoms with Gasteiger partial charge in [-0.25, -0.2) is 4.79 Å². The van der Waals surface area contributed by atoms with Crippen molar-refractivity contribution in [2.45, 2.75) is 6.42 Å². The average Bonchev–Trinajstić information content (AvgIpc) is 2.35. The Bertz CT molecular complexity index is 445. The predicted molar refractivity (Wildman–Crippen MR) is 58.6 cm³/mol. The maximum absolute atomic E-state index is 11.8. The van der Waals surface area contributed by atoms with Crippen molar-refractivity contribution in [3.8, 4) is 0 Å². The number of esters is 1. The zero-order valence-corrected chi connectivity index (χ0v) is 9.63. The van der Waals surface area contributed by atoms with E-state index in [-0.39, 0.29) is 30.4 Å². The topological polar surface area (TPSA) is 76.8 Å². The van der Waals surface area contributed by atoms with Crippen molar-refractivity contribution >= 4 is 11.9 Å². The standard InChI is InChI=1S/C11H13NO5/c1-12(6-5-9(13)16-2)11(15)8-3-4-10(14)17-7-8/h3-4,7H,5-6H2,1-2H3. The molecule has 0 saturated carbocycles. The Morgan fingerprint density at radius 1 is 1.41 bits per heavy atom. The van der Waals surface area contributed by atoms with Crippen molar-refractivity contribution in [2.24, 2.45) is 0 Å². The van der Waals surface area contributed by atoms with Gasteiger partial charge in [0.25, 0.3) is 5.91 Å². The number of nitrogens with zero attached hydrogens (tertiary/aromatic N) is 1. The molecule has 6 nitrogen and oxygen atoms in total. The molecule has 0 N–H and O–H groups in total. The third-order valence-electron chi connectivity index (χ3n) is 2.17. The molecule has 1 amide bonds. The fourth-order valence-corrected chi connectivity index (χ4v) is 1.16. The quantitative estimate of drug-likeness (QED) is 0.705. The second-order valence-electron chi connectivity index (χ2n) is 3.40. The lowest BCUT2D eigenvalue weighted by atomic mass is 10.2. The third-order valence-corrected chi connectivity index (χ3v) is 2.17. The van der Waals surface area contributed by atoms with Gasteiger partial charge < -0.3 is 14.1 Å². The van der Waals surface area contributed by atoms with E-state index >= 15 is 0 Å². The van der Waals surface area contributed by atoms with Crippen LogP contribution in [0, 0.1) is 0 Å². The SMILES string of the molecule is COC(=O)CCN(C)C(=O)c1ccc(=O)oc1. The molecule has 0 aliphatic heterocycles. The highest BCUT2D eigenvalue weighted by Gasteiger charge is 2.13. The van der Waals surface area contributed by atoms with E-state index in [1.165, 1.54) is 24.1 Å². The Hall–Kier alpha value is -2.11. The van der Waals surface area contributed by atoms with E-state index in [9.17, 15) is 14.4 Å². The monoisotopic (exact) mass is 239 g/mol. The van der Waals surface area contributed by atoms with Crippen LogP contribution in [0.5, 0.6) is 0 Å². The molecule has 0 aliphatic carbocycles. The van der Waals surface area contributed by atoms with Gasteiger partial charge in [0.05, 0.1) is 19.1 Å². The minimum atomic E-state index is -0.515. The zero-order valence-electron chi connectivity index (χ0n) is 9.63. The maximum atomic E-state index is 11.8. The van der Waals surface area contributed by atoms with Crippen molar-refractivity contribution in [3.63, 3.8) is 0 Å². The molecular weight excluding hydrogens is 226 g/mol. The molecule has 1 heterocycles. The van der Waals surface area contributed by atoms with Crippen LogP contribution in [0.1, 0.15) is 16.8 Å². The Balaban J connectivity index is 2.60. The lowest BCUT2D eigenvalue weighted by molar-refractivity contribution is -0.140. The van der Waals surface area contributed by atoms with Crippen LogP contribution in [0.15, 0.2) is 27.6 Å². The van der Waals surface area contributed by atoms with Gasteiger partial charge >= 0.3 is 11.6 Å². The third kappa shape index (κ3) is 3.75. The average molecular weight is 239 g/mol. The Kier molecular flexibility index (Phi) is 4.45.